The highest BCUT2D eigenvalue weighted by molar-refractivity contribution is 5.11. The van der Waals surface area contributed by atoms with Gasteiger partial charge in [-0.15, -0.1) is 0 Å². The summed E-state index contributed by atoms with van der Waals surface area (Å²) in [6, 6.07) is 0. The second-order valence-electron chi connectivity index (χ2n) is 11.1. The Morgan fingerprint density at radius 1 is 0.633 bits per heavy atom. The molecule has 0 spiro atoms. The summed E-state index contributed by atoms with van der Waals surface area (Å²) in [5, 5.41) is 0. The summed E-state index contributed by atoms with van der Waals surface area (Å²) in [6.07, 6.45) is 22.9. The van der Waals surface area contributed by atoms with Gasteiger partial charge in [0.25, 0.3) is 0 Å². The summed E-state index contributed by atoms with van der Waals surface area (Å²) in [6.45, 7) is 4.57. The summed E-state index contributed by atoms with van der Waals surface area (Å²) >= 11 is 0. The van der Waals surface area contributed by atoms with Gasteiger partial charge in [0.2, 0.25) is 0 Å². The first-order valence-electron chi connectivity index (χ1n) is 13.8. The molecule has 0 nitrogen and oxygen atoms in total. The lowest BCUT2D eigenvalue weighted by molar-refractivity contribution is 0.149. The van der Waals surface area contributed by atoms with E-state index in [0.717, 1.165) is 30.6 Å². The summed E-state index contributed by atoms with van der Waals surface area (Å²) in [4.78, 5) is 0. The van der Waals surface area contributed by atoms with Gasteiger partial charge < -0.3 is 0 Å². The van der Waals surface area contributed by atoms with Crippen molar-refractivity contribution in [3.63, 3.8) is 0 Å². The van der Waals surface area contributed by atoms with E-state index in [0.29, 0.717) is 11.8 Å². The van der Waals surface area contributed by atoms with E-state index in [1.165, 1.54) is 103 Å². The monoisotopic (exact) mass is 416 g/mol. The molecule has 3 fully saturated rings. The van der Waals surface area contributed by atoms with E-state index in [2.05, 4.69) is 25.7 Å². The van der Waals surface area contributed by atoms with Crippen molar-refractivity contribution in [2.75, 3.05) is 0 Å². The molecule has 3 aliphatic rings. The minimum absolute atomic E-state index is 0.0311. The molecular formula is C29H49F. The Morgan fingerprint density at radius 2 is 1.23 bits per heavy atom. The third-order valence-corrected chi connectivity index (χ3v) is 8.87. The highest BCUT2D eigenvalue weighted by atomic mass is 19.1. The maximum Gasteiger partial charge on any atom is 0.114 e. The van der Waals surface area contributed by atoms with Crippen LogP contribution in [0.4, 0.5) is 4.39 Å². The molecule has 3 atom stereocenters. The molecule has 1 heteroatoms. The van der Waals surface area contributed by atoms with Crippen LogP contribution in [0.25, 0.3) is 0 Å². The molecule has 0 N–H and O–H groups in total. The third kappa shape index (κ3) is 7.57. The van der Waals surface area contributed by atoms with Crippen molar-refractivity contribution in [3.05, 3.63) is 0 Å². The number of hydrogen-bond acceptors (Lipinski definition) is 0. The molecule has 3 aliphatic carbocycles. The van der Waals surface area contributed by atoms with Crippen LogP contribution in [-0.4, -0.2) is 6.17 Å². The van der Waals surface area contributed by atoms with Crippen LogP contribution in [0.2, 0.25) is 0 Å². The molecule has 30 heavy (non-hydrogen) atoms. The lowest BCUT2D eigenvalue weighted by atomic mass is 9.68. The maximum atomic E-state index is 14.7. The lowest BCUT2D eigenvalue weighted by Gasteiger charge is -2.37. The van der Waals surface area contributed by atoms with Crippen LogP contribution in [0.1, 0.15) is 129 Å². The van der Waals surface area contributed by atoms with Gasteiger partial charge in [0.05, 0.1) is 5.92 Å². The molecule has 0 radical (unpaired) electrons. The highest BCUT2D eigenvalue weighted by Crippen LogP contribution is 2.42. The quantitative estimate of drug-likeness (QED) is 0.273. The van der Waals surface area contributed by atoms with Crippen LogP contribution >= 0.6 is 0 Å². The second kappa shape index (κ2) is 13.1. The SMILES string of the molecule is CCCCCC1CCC(C#CC2CCC([C@H]3CC[C@H](CCCC)CC3)CC2)C(F)C1. The molecule has 0 heterocycles. The minimum Gasteiger partial charge on any atom is -0.246 e. The molecule has 172 valence electrons. The Labute approximate surface area is 187 Å². The highest BCUT2D eigenvalue weighted by Gasteiger charge is 2.31. The third-order valence-electron chi connectivity index (χ3n) is 8.87. The van der Waals surface area contributed by atoms with E-state index in [4.69, 9.17) is 0 Å². The van der Waals surface area contributed by atoms with Gasteiger partial charge in [-0.2, -0.15) is 0 Å². The maximum absolute atomic E-state index is 14.7. The van der Waals surface area contributed by atoms with Crippen LogP contribution < -0.4 is 0 Å². The van der Waals surface area contributed by atoms with E-state index in [-0.39, 0.29) is 5.92 Å². The fraction of sp³-hybridized carbons (Fsp3) is 0.931. The van der Waals surface area contributed by atoms with Crippen LogP contribution in [0.15, 0.2) is 0 Å². The number of unbranched alkanes of at least 4 members (excludes halogenated alkanes) is 3. The summed E-state index contributed by atoms with van der Waals surface area (Å²) in [5.74, 6) is 11.2. The van der Waals surface area contributed by atoms with Crippen molar-refractivity contribution < 1.29 is 4.39 Å². The van der Waals surface area contributed by atoms with Crippen LogP contribution in [0.3, 0.4) is 0 Å². The molecule has 0 aromatic rings. The minimum atomic E-state index is -0.669. The fourth-order valence-corrected chi connectivity index (χ4v) is 6.71. The van der Waals surface area contributed by atoms with E-state index in [9.17, 15) is 4.39 Å². The number of halogens is 1. The van der Waals surface area contributed by atoms with Crippen molar-refractivity contribution in [2.45, 2.75) is 136 Å². The topological polar surface area (TPSA) is 0 Å². The number of rotatable bonds is 8. The first-order chi connectivity index (χ1) is 14.7. The zero-order chi connectivity index (χ0) is 21.2. The predicted molar refractivity (Wildman–Crippen MR) is 128 cm³/mol. The molecule has 0 amide bonds. The van der Waals surface area contributed by atoms with Gasteiger partial charge in [-0.25, -0.2) is 4.39 Å². The molecule has 3 saturated carbocycles. The summed E-state index contributed by atoms with van der Waals surface area (Å²) < 4.78 is 14.7. The van der Waals surface area contributed by atoms with Crippen LogP contribution in [-0.2, 0) is 0 Å². The van der Waals surface area contributed by atoms with E-state index in [1.807, 2.05) is 0 Å². The standard InChI is InChI=1S/C29H49F/c1-3-5-7-9-25-15-21-28(29(30)22-25)20-14-24-12-18-27(19-13-24)26-16-10-23(11-17-26)8-6-4-2/h23-29H,3-13,15-19,21-22H2,1-2H3/t23-,24?,25?,26-,27?,28?,29?. The zero-order valence-corrected chi connectivity index (χ0v) is 20.1. The van der Waals surface area contributed by atoms with Crippen molar-refractivity contribution in [2.24, 2.45) is 35.5 Å². The molecule has 3 unspecified atom stereocenters. The Balaban J connectivity index is 1.34. The van der Waals surface area contributed by atoms with E-state index < -0.39 is 6.17 Å². The number of hydrogen-bond donors (Lipinski definition) is 0. The molecule has 0 aromatic heterocycles. The molecule has 3 rings (SSSR count). The summed E-state index contributed by atoms with van der Waals surface area (Å²) in [7, 11) is 0. The molecular weight excluding hydrogens is 367 g/mol. The van der Waals surface area contributed by atoms with E-state index >= 15 is 0 Å². The van der Waals surface area contributed by atoms with Gasteiger partial charge >= 0.3 is 0 Å². The largest absolute Gasteiger partial charge is 0.246 e. The van der Waals surface area contributed by atoms with E-state index in [1.54, 1.807) is 0 Å². The molecule has 0 aromatic carbocycles. The first kappa shape index (κ1) is 24.1. The van der Waals surface area contributed by atoms with Crippen LogP contribution in [0, 0.1) is 47.3 Å². The molecule has 0 saturated heterocycles. The normalized spacial score (nSPS) is 37.4. The lowest BCUT2D eigenvalue weighted by Crippen LogP contribution is -2.26. The predicted octanol–water partition coefficient (Wildman–Crippen LogP) is 9.13. The summed E-state index contributed by atoms with van der Waals surface area (Å²) in [5.41, 5.74) is 0. The Bertz CT molecular complexity index is 512. The van der Waals surface area contributed by atoms with Gasteiger partial charge in [-0.3, -0.25) is 0 Å². The van der Waals surface area contributed by atoms with Crippen LogP contribution in [0.5, 0.6) is 0 Å². The Hall–Kier alpha value is -0.510. The fourth-order valence-electron chi connectivity index (χ4n) is 6.71. The van der Waals surface area contributed by atoms with Gasteiger partial charge in [0.15, 0.2) is 0 Å². The van der Waals surface area contributed by atoms with Gasteiger partial charge in [0, 0.05) is 5.92 Å². The first-order valence-corrected chi connectivity index (χ1v) is 13.8. The average Bonchev–Trinajstić information content (AvgIpc) is 2.78. The van der Waals surface area contributed by atoms with Crippen molar-refractivity contribution in [1.82, 2.24) is 0 Å². The molecule has 0 bridgehead atoms. The smallest absolute Gasteiger partial charge is 0.114 e. The number of alkyl halides is 1. The van der Waals surface area contributed by atoms with Gasteiger partial charge in [-0.05, 0) is 81.5 Å². The van der Waals surface area contributed by atoms with Gasteiger partial charge in [0.1, 0.15) is 6.17 Å². The zero-order valence-electron chi connectivity index (χ0n) is 20.1. The van der Waals surface area contributed by atoms with Crippen molar-refractivity contribution in [3.8, 4) is 11.8 Å². The van der Waals surface area contributed by atoms with Crippen molar-refractivity contribution in [1.29, 1.82) is 0 Å². The second-order valence-corrected chi connectivity index (χ2v) is 11.1. The average molecular weight is 417 g/mol. The van der Waals surface area contributed by atoms with Gasteiger partial charge in [-0.1, -0.05) is 83.5 Å². The Kier molecular flexibility index (Phi) is 10.6. The molecule has 0 aliphatic heterocycles. The van der Waals surface area contributed by atoms with Crippen molar-refractivity contribution >= 4 is 0 Å². The Morgan fingerprint density at radius 3 is 1.87 bits per heavy atom.